The molecule has 2 atom stereocenters. The highest BCUT2D eigenvalue weighted by Crippen LogP contribution is 2.16. The first kappa shape index (κ1) is 13.1. The smallest absolute Gasteiger partial charge is 0.126 e. The van der Waals surface area contributed by atoms with Gasteiger partial charge < -0.3 is 10.4 Å². The third-order valence-corrected chi connectivity index (χ3v) is 2.83. The minimum absolute atomic E-state index is 0.0521. The number of rotatable bonds is 5. The summed E-state index contributed by atoms with van der Waals surface area (Å²) in [4.78, 5) is 0. The van der Waals surface area contributed by atoms with Gasteiger partial charge in [0.15, 0.2) is 0 Å². The lowest BCUT2D eigenvalue weighted by Crippen LogP contribution is -2.28. The summed E-state index contributed by atoms with van der Waals surface area (Å²) in [5.41, 5.74) is 1.57. The highest BCUT2D eigenvalue weighted by molar-refractivity contribution is 5.25. The molecular formula is C13H20FNO. The topological polar surface area (TPSA) is 32.3 Å². The normalized spacial score (nSPS) is 14.8. The molecule has 0 spiro atoms. The average molecular weight is 225 g/mol. The van der Waals surface area contributed by atoms with Gasteiger partial charge in [-0.2, -0.15) is 0 Å². The van der Waals surface area contributed by atoms with Crippen LogP contribution in [0.4, 0.5) is 4.39 Å². The SMILES string of the molecule is CCC(O)CNC(C)c1ccc(C)c(F)c1. The Morgan fingerprint density at radius 3 is 2.69 bits per heavy atom. The van der Waals surface area contributed by atoms with E-state index < -0.39 is 0 Å². The Kier molecular flexibility index (Phi) is 4.90. The van der Waals surface area contributed by atoms with Gasteiger partial charge in [0.05, 0.1) is 6.10 Å². The van der Waals surface area contributed by atoms with E-state index in [2.05, 4.69) is 5.32 Å². The highest BCUT2D eigenvalue weighted by Gasteiger charge is 2.08. The number of halogens is 1. The van der Waals surface area contributed by atoms with Crippen molar-refractivity contribution in [2.45, 2.75) is 39.3 Å². The Bertz CT molecular complexity index is 341. The van der Waals surface area contributed by atoms with Crippen molar-refractivity contribution >= 4 is 0 Å². The second-order valence-corrected chi connectivity index (χ2v) is 4.20. The second kappa shape index (κ2) is 5.97. The van der Waals surface area contributed by atoms with Crippen LogP contribution in [0.25, 0.3) is 0 Å². The van der Waals surface area contributed by atoms with Crippen LogP contribution in [0.15, 0.2) is 18.2 Å². The zero-order chi connectivity index (χ0) is 12.1. The summed E-state index contributed by atoms with van der Waals surface area (Å²) in [5, 5.41) is 12.6. The number of aliphatic hydroxyl groups excluding tert-OH is 1. The largest absolute Gasteiger partial charge is 0.392 e. The molecule has 2 unspecified atom stereocenters. The fraction of sp³-hybridized carbons (Fsp3) is 0.538. The zero-order valence-electron chi connectivity index (χ0n) is 10.1. The maximum Gasteiger partial charge on any atom is 0.126 e. The molecule has 0 radical (unpaired) electrons. The van der Waals surface area contributed by atoms with Crippen LogP contribution in [-0.4, -0.2) is 17.8 Å². The molecular weight excluding hydrogens is 205 g/mol. The molecule has 0 saturated heterocycles. The van der Waals surface area contributed by atoms with Crippen molar-refractivity contribution in [1.29, 1.82) is 0 Å². The van der Waals surface area contributed by atoms with Crippen molar-refractivity contribution in [2.24, 2.45) is 0 Å². The lowest BCUT2D eigenvalue weighted by Gasteiger charge is -2.17. The number of hydrogen-bond donors (Lipinski definition) is 2. The van der Waals surface area contributed by atoms with Crippen LogP contribution in [0.1, 0.15) is 37.4 Å². The first-order valence-electron chi connectivity index (χ1n) is 5.72. The van der Waals surface area contributed by atoms with E-state index in [-0.39, 0.29) is 18.0 Å². The summed E-state index contributed by atoms with van der Waals surface area (Å²) in [5.74, 6) is -0.179. The maximum atomic E-state index is 13.3. The molecule has 0 amide bonds. The molecule has 0 aliphatic rings. The first-order chi connectivity index (χ1) is 7.54. The van der Waals surface area contributed by atoms with E-state index in [1.807, 2.05) is 19.9 Å². The summed E-state index contributed by atoms with van der Waals surface area (Å²) in [6.45, 7) is 6.18. The van der Waals surface area contributed by atoms with Crippen LogP contribution >= 0.6 is 0 Å². The number of hydrogen-bond acceptors (Lipinski definition) is 2. The van der Waals surface area contributed by atoms with E-state index in [0.717, 1.165) is 12.0 Å². The predicted octanol–water partition coefficient (Wildman–Crippen LogP) is 2.56. The van der Waals surface area contributed by atoms with Crippen molar-refractivity contribution < 1.29 is 9.50 Å². The average Bonchev–Trinajstić information content (AvgIpc) is 2.29. The van der Waals surface area contributed by atoms with Gasteiger partial charge in [0, 0.05) is 12.6 Å². The van der Waals surface area contributed by atoms with Crippen LogP contribution < -0.4 is 5.32 Å². The minimum atomic E-state index is -0.335. The quantitative estimate of drug-likeness (QED) is 0.807. The molecule has 1 rings (SSSR count). The van der Waals surface area contributed by atoms with Crippen molar-refractivity contribution in [2.75, 3.05) is 6.54 Å². The number of benzene rings is 1. The highest BCUT2D eigenvalue weighted by atomic mass is 19.1. The van der Waals surface area contributed by atoms with Gasteiger partial charge in [-0.3, -0.25) is 0 Å². The van der Waals surface area contributed by atoms with Crippen molar-refractivity contribution in [3.8, 4) is 0 Å². The van der Waals surface area contributed by atoms with Gasteiger partial charge in [-0.15, -0.1) is 0 Å². The summed E-state index contributed by atoms with van der Waals surface area (Å²) >= 11 is 0. The number of aryl methyl sites for hydroxylation is 1. The fourth-order valence-electron chi connectivity index (χ4n) is 1.45. The molecule has 0 heterocycles. The molecule has 2 N–H and O–H groups in total. The van der Waals surface area contributed by atoms with Crippen LogP contribution in [0.2, 0.25) is 0 Å². The standard InChI is InChI=1S/C13H20FNO/c1-4-12(16)8-15-10(3)11-6-5-9(2)13(14)7-11/h5-7,10,12,15-16H,4,8H2,1-3H3. The Labute approximate surface area is 96.5 Å². The van der Waals surface area contributed by atoms with Gasteiger partial charge >= 0.3 is 0 Å². The summed E-state index contributed by atoms with van der Waals surface area (Å²) in [7, 11) is 0. The van der Waals surface area contributed by atoms with E-state index in [4.69, 9.17) is 0 Å². The Morgan fingerprint density at radius 2 is 2.12 bits per heavy atom. The summed E-state index contributed by atoms with van der Waals surface area (Å²) < 4.78 is 13.3. The van der Waals surface area contributed by atoms with Gasteiger partial charge in [0.2, 0.25) is 0 Å². The molecule has 0 aromatic heterocycles. The molecule has 16 heavy (non-hydrogen) atoms. The van der Waals surface area contributed by atoms with Crippen molar-refractivity contribution in [1.82, 2.24) is 5.32 Å². The van der Waals surface area contributed by atoms with Crippen LogP contribution in [-0.2, 0) is 0 Å². The van der Waals surface area contributed by atoms with E-state index in [0.29, 0.717) is 12.1 Å². The van der Waals surface area contributed by atoms with Crippen molar-refractivity contribution in [3.63, 3.8) is 0 Å². The van der Waals surface area contributed by atoms with Crippen molar-refractivity contribution in [3.05, 3.63) is 35.1 Å². The van der Waals surface area contributed by atoms with Crippen LogP contribution in [0, 0.1) is 12.7 Å². The third kappa shape index (κ3) is 3.58. The molecule has 1 aromatic rings. The fourth-order valence-corrected chi connectivity index (χ4v) is 1.45. The second-order valence-electron chi connectivity index (χ2n) is 4.20. The minimum Gasteiger partial charge on any atom is -0.392 e. The van der Waals surface area contributed by atoms with Crippen LogP contribution in [0.3, 0.4) is 0 Å². The van der Waals surface area contributed by atoms with E-state index >= 15 is 0 Å². The van der Waals surface area contributed by atoms with Crippen LogP contribution in [0.5, 0.6) is 0 Å². The van der Waals surface area contributed by atoms with Gasteiger partial charge in [0.1, 0.15) is 5.82 Å². The lowest BCUT2D eigenvalue weighted by molar-refractivity contribution is 0.163. The monoisotopic (exact) mass is 225 g/mol. The zero-order valence-corrected chi connectivity index (χ0v) is 10.1. The van der Waals surface area contributed by atoms with E-state index in [9.17, 15) is 9.50 Å². The third-order valence-electron chi connectivity index (χ3n) is 2.83. The molecule has 0 saturated carbocycles. The van der Waals surface area contributed by atoms with E-state index in [1.54, 1.807) is 19.1 Å². The summed E-state index contributed by atoms with van der Waals surface area (Å²) in [6.07, 6.45) is 0.389. The number of aliphatic hydroxyl groups is 1. The number of nitrogens with one attached hydrogen (secondary N) is 1. The Balaban J connectivity index is 2.59. The molecule has 0 fully saturated rings. The van der Waals surface area contributed by atoms with Gasteiger partial charge in [-0.25, -0.2) is 4.39 Å². The lowest BCUT2D eigenvalue weighted by atomic mass is 10.1. The molecule has 0 aliphatic heterocycles. The molecule has 3 heteroatoms. The summed E-state index contributed by atoms with van der Waals surface area (Å²) in [6, 6.07) is 5.29. The Hall–Kier alpha value is -0.930. The van der Waals surface area contributed by atoms with Gasteiger partial charge in [-0.1, -0.05) is 19.1 Å². The first-order valence-corrected chi connectivity index (χ1v) is 5.72. The molecule has 1 aromatic carbocycles. The Morgan fingerprint density at radius 1 is 1.44 bits per heavy atom. The predicted molar refractivity (Wildman–Crippen MR) is 63.9 cm³/mol. The van der Waals surface area contributed by atoms with Gasteiger partial charge in [-0.05, 0) is 37.5 Å². The maximum absolute atomic E-state index is 13.3. The van der Waals surface area contributed by atoms with E-state index in [1.165, 1.54) is 0 Å². The molecule has 90 valence electrons. The molecule has 0 aliphatic carbocycles. The molecule has 0 bridgehead atoms. The van der Waals surface area contributed by atoms with Gasteiger partial charge in [0.25, 0.3) is 0 Å². The molecule has 2 nitrogen and oxygen atoms in total.